The zero-order valence-corrected chi connectivity index (χ0v) is 15.2. The Morgan fingerprint density at radius 1 is 1.23 bits per heavy atom. The maximum atomic E-state index is 13.1. The second kappa shape index (κ2) is 7.25. The molecule has 0 radical (unpaired) electrons. The summed E-state index contributed by atoms with van der Waals surface area (Å²) in [6.45, 7) is 1.69. The van der Waals surface area contributed by atoms with Crippen molar-refractivity contribution < 1.29 is 18.8 Å². The molecule has 1 aliphatic heterocycles. The average molecular weight is 375 g/mol. The van der Waals surface area contributed by atoms with E-state index in [2.05, 4.69) is 0 Å². The lowest BCUT2D eigenvalue weighted by molar-refractivity contribution is -0.136. The van der Waals surface area contributed by atoms with Gasteiger partial charge in [-0.25, -0.2) is 9.18 Å². The van der Waals surface area contributed by atoms with Crippen LogP contribution in [0.25, 0.3) is 0 Å². The molecule has 0 saturated carbocycles. The van der Waals surface area contributed by atoms with Crippen LogP contribution in [0.5, 0.6) is 0 Å². The predicted molar refractivity (Wildman–Crippen MR) is 96.2 cm³/mol. The average Bonchev–Trinajstić information content (AvgIpc) is 3.19. The van der Waals surface area contributed by atoms with Crippen LogP contribution < -0.4 is 4.90 Å². The van der Waals surface area contributed by atoms with Gasteiger partial charge >= 0.3 is 6.03 Å². The Morgan fingerprint density at radius 2 is 1.92 bits per heavy atom. The molecule has 1 saturated heterocycles. The van der Waals surface area contributed by atoms with Crippen LogP contribution >= 0.6 is 11.3 Å². The van der Waals surface area contributed by atoms with Gasteiger partial charge < -0.3 is 4.90 Å². The SMILES string of the molecule is C[C@@H]1C(=O)N(CC(=O)N(C)Cc2cccs2)C(=O)N1c1ccc(F)cc1. The van der Waals surface area contributed by atoms with Gasteiger partial charge in [0.15, 0.2) is 0 Å². The van der Waals surface area contributed by atoms with Crippen molar-refractivity contribution in [1.82, 2.24) is 9.80 Å². The number of benzene rings is 1. The molecule has 3 rings (SSSR count). The lowest BCUT2D eigenvalue weighted by Crippen LogP contribution is -2.42. The summed E-state index contributed by atoms with van der Waals surface area (Å²) in [5.41, 5.74) is 0.416. The molecular weight excluding hydrogens is 357 g/mol. The van der Waals surface area contributed by atoms with Crippen LogP contribution in [-0.4, -0.2) is 47.3 Å². The summed E-state index contributed by atoms with van der Waals surface area (Å²) < 4.78 is 13.1. The van der Waals surface area contributed by atoms with Gasteiger partial charge in [0.1, 0.15) is 18.4 Å². The summed E-state index contributed by atoms with van der Waals surface area (Å²) in [6.07, 6.45) is 0. The maximum absolute atomic E-state index is 13.1. The van der Waals surface area contributed by atoms with E-state index in [1.54, 1.807) is 14.0 Å². The zero-order chi connectivity index (χ0) is 18.8. The zero-order valence-electron chi connectivity index (χ0n) is 14.4. The van der Waals surface area contributed by atoms with Crippen molar-refractivity contribution in [3.63, 3.8) is 0 Å². The third kappa shape index (κ3) is 3.45. The molecule has 1 aliphatic rings. The van der Waals surface area contributed by atoms with Gasteiger partial charge in [0, 0.05) is 17.6 Å². The van der Waals surface area contributed by atoms with Gasteiger partial charge in [0.05, 0.1) is 6.54 Å². The Morgan fingerprint density at radius 3 is 2.54 bits per heavy atom. The summed E-state index contributed by atoms with van der Waals surface area (Å²) in [6, 6.07) is 7.81. The van der Waals surface area contributed by atoms with Crippen LogP contribution in [0.3, 0.4) is 0 Å². The molecule has 0 N–H and O–H groups in total. The van der Waals surface area contributed by atoms with Gasteiger partial charge in [-0.15, -0.1) is 11.3 Å². The standard InChI is InChI=1S/C18H18FN3O3S/c1-12-17(24)21(11-16(23)20(2)10-15-4-3-9-26-15)18(25)22(12)14-7-5-13(19)6-8-14/h3-9,12H,10-11H2,1-2H3/t12-/m1/s1. The summed E-state index contributed by atoms with van der Waals surface area (Å²) in [4.78, 5) is 42.3. The molecule has 0 unspecified atom stereocenters. The number of hydrogen-bond donors (Lipinski definition) is 0. The molecule has 0 bridgehead atoms. The molecule has 26 heavy (non-hydrogen) atoms. The van der Waals surface area contributed by atoms with E-state index >= 15 is 0 Å². The summed E-state index contributed by atoms with van der Waals surface area (Å²) >= 11 is 1.53. The van der Waals surface area contributed by atoms with E-state index < -0.39 is 23.8 Å². The van der Waals surface area contributed by atoms with Crippen molar-refractivity contribution in [2.24, 2.45) is 0 Å². The predicted octanol–water partition coefficient (Wildman–Crippen LogP) is 2.70. The first kappa shape index (κ1) is 18.1. The van der Waals surface area contributed by atoms with Crippen LogP contribution in [0, 0.1) is 5.82 Å². The lowest BCUT2D eigenvalue weighted by Gasteiger charge is -2.21. The minimum absolute atomic E-state index is 0.318. The fourth-order valence-corrected chi connectivity index (χ4v) is 3.54. The first-order valence-corrected chi connectivity index (χ1v) is 8.93. The van der Waals surface area contributed by atoms with E-state index in [0.717, 1.165) is 9.78 Å². The molecule has 1 atom stereocenters. The Kier molecular flexibility index (Phi) is 5.03. The number of likely N-dealkylation sites (N-methyl/N-ethyl adjacent to an activating group) is 1. The van der Waals surface area contributed by atoms with E-state index in [1.165, 1.54) is 45.4 Å². The quantitative estimate of drug-likeness (QED) is 0.755. The molecule has 4 amide bonds. The van der Waals surface area contributed by atoms with Gasteiger partial charge in [-0.3, -0.25) is 19.4 Å². The minimum Gasteiger partial charge on any atom is -0.339 e. The second-order valence-corrected chi connectivity index (χ2v) is 7.09. The van der Waals surface area contributed by atoms with Crippen molar-refractivity contribution in [2.75, 3.05) is 18.5 Å². The molecule has 8 heteroatoms. The molecule has 136 valence electrons. The fourth-order valence-electron chi connectivity index (χ4n) is 2.79. The number of thiophene rings is 1. The topological polar surface area (TPSA) is 60.9 Å². The van der Waals surface area contributed by atoms with Crippen LogP contribution in [0.4, 0.5) is 14.9 Å². The molecule has 0 aliphatic carbocycles. The van der Waals surface area contributed by atoms with Gasteiger partial charge in [-0.05, 0) is 42.6 Å². The Bertz CT molecular complexity index is 823. The van der Waals surface area contributed by atoms with Gasteiger partial charge in [-0.1, -0.05) is 6.07 Å². The third-order valence-corrected chi connectivity index (χ3v) is 5.11. The second-order valence-electron chi connectivity index (χ2n) is 6.06. The molecule has 2 aromatic rings. The number of carbonyl (C=O) groups is 3. The molecule has 0 spiro atoms. The van der Waals surface area contributed by atoms with Crippen molar-refractivity contribution in [3.05, 3.63) is 52.5 Å². The van der Waals surface area contributed by atoms with E-state index in [-0.39, 0.29) is 12.5 Å². The number of rotatable bonds is 5. The fraction of sp³-hybridized carbons (Fsp3) is 0.278. The van der Waals surface area contributed by atoms with E-state index in [1.807, 2.05) is 17.5 Å². The van der Waals surface area contributed by atoms with Crippen LogP contribution in [0.1, 0.15) is 11.8 Å². The highest BCUT2D eigenvalue weighted by Crippen LogP contribution is 2.26. The number of anilines is 1. The molecular formula is C18H18FN3O3S. The summed E-state index contributed by atoms with van der Waals surface area (Å²) in [7, 11) is 1.63. The number of amides is 4. The van der Waals surface area contributed by atoms with Crippen molar-refractivity contribution >= 4 is 34.9 Å². The number of hydrogen-bond acceptors (Lipinski definition) is 4. The summed E-state index contributed by atoms with van der Waals surface area (Å²) in [5.74, 6) is -1.20. The highest BCUT2D eigenvalue weighted by molar-refractivity contribution is 7.09. The van der Waals surface area contributed by atoms with E-state index in [9.17, 15) is 18.8 Å². The van der Waals surface area contributed by atoms with Gasteiger partial charge in [-0.2, -0.15) is 0 Å². The number of urea groups is 1. The van der Waals surface area contributed by atoms with Crippen LogP contribution in [-0.2, 0) is 16.1 Å². The van der Waals surface area contributed by atoms with E-state index in [4.69, 9.17) is 0 Å². The smallest absolute Gasteiger partial charge is 0.332 e. The largest absolute Gasteiger partial charge is 0.339 e. The van der Waals surface area contributed by atoms with Crippen LogP contribution in [0.2, 0.25) is 0 Å². The maximum Gasteiger partial charge on any atom is 0.332 e. The van der Waals surface area contributed by atoms with Crippen molar-refractivity contribution in [1.29, 1.82) is 0 Å². The normalized spacial score (nSPS) is 17.1. The van der Waals surface area contributed by atoms with E-state index in [0.29, 0.717) is 12.2 Å². The monoisotopic (exact) mass is 375 g/mol. The Labute approximate surface area is 154 Å². The Balaban J connectivity index is 1.71. The number of imide groups is 1. The van der Waals surface area contributed by atoms with Crippen molar-refractivity contribution in [2.45, 2.75) is 19.5 Å². The molecule has 2 heterocycles. The van der Waals surface area contributed by atoms with Gasteiger partial charge in [0.25, 0.3) is 5.91 Å². The highest BCUT2D eigenvalue weighted by atomic mass is 32.1. The van der Waals surface area contributed by atoms with Gasteiger partial charge in [0.2, 0.25) is 5.91 Å². The minimum atomic E-state index is -0.747. The Hall–Kier alpha value is -2.74. The lowest BCUT2D eigenvalue weighted by atomic mass is 10.2. The first-order chi connectivity index (χ1) is 12.4. The number of carbonyl (C=O) groups excluding carboxylic acids is 3. The number of nitrogens with zero attached hydrogens (tertiary/aromatic N) is 3. The number of halogens is 1. The molecule has 1 aromatic heterocycles. The summed E-state index contributed by atoms with van der Waals surface area (Å²) in [5, 5.41) is 1.92. The molecule has 1 fully saturated rings. The first-order valence-electron chi connectivity index (χ1n) is 8.05. The van der Waals surface area contributed by atoms with Crippen molar-refractivity contribution in [3.8, 4) is 0 Å². The molecule has 6 nitrogen and oxygen atoms in total. The van der Waals surface area contributed by atoms with Crippen LogP contribution in [0.15, 0.2) is 41.8 Å². The highest BCUT2D eigenvalue weighted by Gasteiger charge is 2.44. The third-order valence-electron chi connectivity index (χ3n) is 4.24. The molecule has 1 aromatic carbocycles.